The Morgan fingerprint density at radius 1 is 1.43 bits per heavy atom. The molecule has 10 heteroatoms. The molecule has 0 spiro atoms. The van der Waals surface area contributed by atoms with Gasteiger partial charge in [-0.25, -0.2) is 4.39 Å². The van der Waals surface area contributed by atoms with Gasteiger partial charge >= 0.3 is 0 Å². The molecule has 1 unspecified atom stereocenters. The van der Waals surface area contributed by atoms with Crippen LogP contribution in [-0.2, 0) is 0 Å². The maximum atomic E-state index is 15.0. The SMILES string of the molecule is C=C(c1nnc(-c2c[nH]c(-n3ncc(C)n3)cc2=O)s1)[C@H]1C[C@]2(C)C=CC(N2)[C@@H]1F. The second-order valence-electron chi connectivity index (χ2n) is 8.01. The first-order valence-corrected chi connectivity index (χ1v) is 10.4. The van der Waals surface area contributed by atoms with E-state index >= 15 is 0 Å². The molecular weight excluding hydrogens is 405 g/mol. The first-order valence-electron chi connectivity index (χ1n) is 9.59. The number of hydrogen-bond donors (Lipinski definition) is 2. The van der Waals surface area contributed by atoms with E-state index in [1.807, 2.05) is 19.1 Å². The number of piperidine rings is 1. The van der Waals surface area contributed by atoms with E-state index in [2.05, 4.69) is 44.2 Å². The third kappa shape index (κ3) is 3.12. The van der Waals surface area contributed by atoms with Crippen molar-refractivity contribution in [3.05, 3.63) is 58.1 Å². The molecule has 30 heavy (non-hydrogen) atoms. The summed E-state index contributed by atoms with van der Waals surface area (Å²) >= 11 is 1.24. The van der Waals surface area contributed by atoms with Gasteiger partial charge in [0, 0.05) is 23.7 Å². The number of aryl methyl sites for hydroxylation is 1. The van der Waals surface area contributed by atoms with Crippen molar-refractivity contribution in [1.82, 2.24) is 35.5 Å². The number of halogens is 1. The number of fused-ring (bicyclic) bond motifs is 2. The van der Waals surface area contributed by atoms with Gasteiger partial charge < -0.3 is 4.98 Å². The monoisotopic (exact) mass is 425 g/mol. The highest BCUT2D eigenvalue weighted by atomic mass is 32.1. The molecular formula is C20H20FN7OS. The summed E-state index contributed by atoms with van der Waals surface area (Å²) in [4.78, 5) is 17.0. The standard InChI is InChI=1S/C20H20FN7OS/c1-10-8-23-28(27-10)16-6-15(29)13(9-22-16)19-26-25-18(30-19)11(2)12-7-20(3)5-4-14(24-20)17(12)21/h4-6,8-9,12,14,17,24H,2,7H2,1,3H3,(H,22,29)/t12-,14?,17-,20+/m1/s1. The lowest BCUT2D eigenvalue weighted by Gasteiger charge is -2.39. The molecule has 1 fully saturated rings. The Labute approximate surface area is 175 Å². The van der Waals surface area contributed by atoms with Crippen LogP contribution in [0.2, 0.25) is 0 Å². The molecule has 5 rings (SSSR count). The number of allylic oxidation sites excluding steroid dienone is 1. The fourth-order valence-corrected chi connectivity index (χ4v) is 4.96. The molecule has 2 bridgehead atoms. The number of alkyl halides is 1. The lowest BCUT2D eigenvalue weighted by Crippen LogP contribution is -2.54. The van der Waals surface area contributed by atoms with Gasteiger partial charge in [0.25, 0.3) is 0 Å². The highest BCUT2D eigenvalue weighted by Crippen LogP contribution is 2.42. The van der Waals surface area contributed by atoms with E-state index in [-0.39, 0.29) is 22.9 Å². The van der Waals surface area contributed by atoms with Gasteiger partial charge in [-0.2, -0.15) is 10.2 Å². The van der Waals surface area contributed by atoms with Gasteiger partial charge in [-0.05, 0) is 25.8 Å². The van der Waals surface area contributed by atoms with Gasteiger partial charge in [0.2, 0.25) is 0 Å². The molecule has 0 saturated carbocycles. The van der Waals surface area contributed by atoms with E-state index in [1.54, 1.807) is 12.4 Å². The largest absolute Gasteiger partial charge is 0.344 e. The summed E-state index contributed by atoms with van der Waals surface area (Å²) in [7, 11) is 0. The lowest BCUT2D eigenvalue weighted by molar-refractivity contribution is 0.146. The van der Waals surface area contributed by atoms with Gasteiger partial charge in [-0.15, -0.1) is 15.0 Å². The molecule has 4 atom stereocenters. The molecule has 5 heterocycles. The summed E-state index contributed by atoms with van der Waals surface area (Å²) in [6.07, 6.45) is 6.61. The van der Waals surface area contributed by atoms with Crippen LogP contribution in [0.25, 0.3) is 22.0 Å². The van der Waals surface area contributed by atoms with E-state index in [4.69, 9.17) is 0 Å². The zero-order valence-corrected chi connectivity index (χ0v) is 17.3. The maximum absolute atomic E-state index is 15.0. The molecule has 3 aromatic heterocycles. The Morgan fingerprint density at radius 2 is 2.27 bits per heavy atom. The van der Waals surface area contributed by atoms with Crippen LogP contribution in [-0.4, -0.2) is 47.9 Å². The summed E-state index contributed by atoms with van der Waals surface area (Å²) in [6.45, 7) is 7.99. The van der Waals surface area contributed by atoms with Crippen LogP contribution in [0.3, 0.4) is 0 Å². The number of aromatic nitrogens is 6. The number of rotatable bonds is 4. The minimum atomic E-state index is -1.08. The molecule has 8 nitrogen and oxygen atoms in total. The average Bonchev–Trinajstić information content (AvgIpc) is 3.44. The van der Waals surface area contributed by atoms with Crippen molar-refractivity contribution in [1.29, 1.82) is 0 Å². The van der Waals surface area contributed by atoms with E-state index in [0.717, 1.165) is 5.69 Å². The molecule has 3 aromatic rings. The smallest absolute Gasteiger partial charge is 0.194 e. The van der Waals surface area contributed by atoms with Crippen molar-refractivity contribution < 1.29 is 4.39 Å². The second-order valence-corrected chi connectivity index (χ2v) is 8.99. The Hall–Kier alpha value is -2.98. The molecule has 0 aromatic carbocycles. The minimum absolute atomic E-state index is 0.230. The molecule has 154 valence electrons. The quantitative estimate of drug-likeness (QED) is 0.623. The van der Waals surface area contributed by atoms with Crippen molar-refractivity contribution in [2.45, 2.75) is 38.0 Å². The van der Waals surface area contributed by atoms with Crippen molar-refractivity contribution in [3.8, 4) is 16.4 Å². The molecule has 0 aliphatic carbocycles. The number of nitrogens with one attached hydrogen (secondary N) is 2. The summed E-state index contributed by atoms with van der Waals surface area (Å²) in [5.74, 6) is 0.101. The molecule has 1 saturated heterocycles. The van der Waals surface area contributed by atoms with Crippen molar-refractivity contribution >= 4 is 16.9 Å². The van der Waals surface area contributed by atoms with Crippen LogP contribution < -0.4 is 10.7 Å². The van der Waals surface area contributed by atoms with Crippen LogP contribution in [0, 0.1) is 12.8 Å². The average molecular weight is 425 g/mol. The van der Waals surface area contributed by atoms with Crippen LogP contribution in [0.5, 0.6) is 0 Å². The Kier molecular flexibility index (Phi) is 4.30. The number of hydrogen-bond acceptors (Lipinski definition) is 7. The number of aromatic amines is 1. The van der Waals surface area contributed by atoms with E-state index in [0.29, 0.717) is 33.4 Å². The number of pyridine rings is 1. The summed E-state index contributed by atoms with van der Waals surface area (Å²) in [6, 6.07) is 1.10. The summed E-state index contributed by atoms with van der Waals surface area (Å²) in [5.41, 5.74) is 1.29. The number of H-pyrrole nitrogens is 1. The van der Waals surface area contributed by atoms with E-state index in [9.17, 15) is 9.18 Å². The van der Waals surface area contributed by atoms with Gasteiger partial charge in [0.05, 0.1) is 23.5 Å². The fourth-order valence-electron chi connectivity index (χ4n) is 4.06. The third-order valence-electron chi connectivity index (χ3n) is 5.64. The van der Waals surface area contributed by atoms with Gasteiger partial charge in [0.15, 0.2) is 16.3 Å². The maximum Gasteiger partial charge on any atom is 0.194 e. The van der Waals surface area contributed by atoms with Gasteiger partial charge in [0.1, 0.15) is 11.2 Å². The molecule has 2 aliphatic heterocycles. The predicted molar refractivity (Wildman–Crippen MR) is 112 cm³/mol. The third-order valence-corrected chi connectivity index (χ3v) is 6.67. The summed E-state index contributed by atoms with van der Waals surface area (Å²) in [5, 5.41) is 20.9. The van der Waals surface area contributed by atoms with E-state index in [1.165, 1.54) is 22.2 Å². The topological polar surface area (TPSA) is 101 Å². The van der Waals surface area contributed by atoms with Crippen molar-refractivity contribution in [2.75, 3.05) is 0 Å². The zero-order chi connectivity index (χ0) is 21.0. The molecule has 2 aliphatic rings. The van der Waals surface area contributed by atoms with Crippen LogP contribution in [0.15, 0.2) is 42.0 Å². The molecule has 2 N–H and O–H groups in total. The number of nitrogens with zero attached hydrogens (tertiary/aromatic N) is 5. The molecule has 0 radical (unpaired) electrons. The predicted octanol–water partition coefficient (Wildman–Crippen LogP) is 2.44. The lowest BCUT2D eigenvalue weighted by atomic mass is 9.79. The van der Waals surface area contributed by atoms with Crippen LogP contribution >= 0.6 is 11.3 Å². The molecule has 0 amide bonds. The van der Waals surface area contributed by atoms with Crippen LogP contribution in [0.4, 0.5) is 4.39 Å². The highest BCUT2D eigenvalue weighted by Gasteiger charge is 2.46. The highest BCUT2D eigenvalue weighted by molar-refractivity contribution is 7.15. The van der Waals surface area contributed by atoms with E-state index < -0.39 is 6.17 Å². The minimum Gasteiger partial charge on any atom is -0.344 e. The first-order chi connectivity index (χ1) is 14.3. The Bertz CT molecular complexity index is 1230. The second kappa shape index (κ2) is 6.78. The van der Waals surface area contributed by atoms with Crippen molar-refractivity contribution in [3.63, 3.8) is 0 Å². The Balaban J connectivity index is 1.40. The van der Waals surface area contributed by atoms with Crippen molar-refractivity contribution in [2.24, 2.45) is 5.92 Å². The Morgan fingerprint density at radius 3 is 3.00 bits per heavy atom. The summed E-state index contributed by atoms with van der Waals surface area (Å²) < 4.78 is 15.0. The normalized spacial score (nSPS) is 27.5. The first kappa shape index (κ1) is 19.0. The van der Waals surface area contributed by atoms with Gasteiger partial charge in [-0.3, -0.25) is 10.1 Å². The van der Waals surface area contributed by atoms with Crippen LogP contribution in [0.1, 0.15) is 24.0 Å². The zero-order valence-electron chi connectivity index (χ0n) is 16.5. The fraction of sp³-hybridized carbons (Fsp3) is 0.350. The van der Waals surface area contributed by atoms with Gasteiger partial charge in [-0.1, -0.05) is 30.1 Å².